The molecule has 1 N–H and O–H groups in total. The van der Waals surface area contributed by atoms with Gasteiger partial charge in [-0.15, -0.1) is 0 Å². The largest absolute Gasteiger partial charge is 0.393 e. The minimum absolute atomic E-state index is 0.181. The quantitative estimate of drug-likeness (QED) is 0.806. The van der Waals surface area contributed by atoms with Crippen LogP contribution in [0.3, 0.4) is 0 Å². The van der Waals surface area contributed by atoms with Crippen molar-refractivity contribution in [3.8, 4) is 0 Å². The van der Waals surface area contributed by atoms with E-state index in [-0.39, 0.29) is 17.8 Å². The molecule has 1 aliphatic carbocycles. The first kappa shape index (κ1) is 9.16. The van der Waals surface area contributed by atoms with E-state index in [2.05, 4.69) is 15.9 Å². The summed E-state index contributed by atoms with van der Waals surface area (Å²) >= 11 is 3.15. The summed E-state index contributed by atoms with van der Waals surface area (Å²) in [6.45, 7) is 0. The van der Waals surface area contributed by atoms with Crippen LogP contribution < -0.4 is 0 Å². The Morgan fingerprint density at radius 2 is 2.08 bits per heavy atom. The molecule has 0 atom stereocenters. The molecule has 0 amide bonds. The maximum Gasteiger partial charge on any atom is 0.140 e. The predicted octanol–water partition coefficient (Wildman–Crippen LogP) is 2.83. The Hall–Kier alpha value is -0.410. The number of halogens is 2. The third-order valence-electron chi connectivity index (χ3n) is 2.53. The van der Waals surface area contributed by atoms with E-state index in [1.807, 2.05) is 6.07 Å². The summed E-state index contributed by atoms with van der Waals surface area (Å²) in [5.74, 6) is 0.0203. The van der Waals surface area contributed by atoms with Crippen molar-refractivity contribution in [3.63, 3.8) is 0 Å². The lowest BCUT2D eigenvalue weighted by Gasteiger charge is -2.32. The monoisotopic (exact) mass is 244 g/mol. The minimum Gasteiger partial charge on any atom is -0.393 e. The van der Waals surface area contributed by atoms with Gasteiger partial charge in [0.15, 0.2) is 0 Å². The van der Waals surface area contributed by atoms with Gasteiger partial charge in [0, 0.05) is 0 Å². The van der Waals surface area contributed by atoms with Gasteiger partial charge in [-0.2, -0.15) is 0 Å². The first-order valence-electron chi connectivity index (χ1n) is 4.30. The van der Waals surface area contributed by atoms with Gasteiger partial charge >= 0.3 is 0 Å². The van der Waals surface area contributed by atoms with Gasteiger partial charge in [-0.25, -0.2) is 4.39 Å². The summed E-state index contributed by atoms with van der Waals surface area (Å²) in [6.07, 6.45) is 1.14. The number of rotatable bonds is 1. The molecule has 1 aliphatic rings. The van der Waals surface area contributed by atoms with Crippen molar-refractivity contribution in [1.29, 1.82) is 0 Å². The molecule has 0 saturated heterocycles. The molecule has 1 fully saturated rings. The van der Waals surface area contributed by atoms with Gasteiger partial charge < -0.3 is 5.11 Å². The summed E-state index contributed by atoms with van der Waals surface area (Å²) in [5.41, 5.74) is 0.722. The van der Waals surface area contributed by atoms with Crippen LogP contribution in [0.1, 0.15) is 24.3 Å². The molecule has 0 heterocycles. The molecule has 2 rings (SSSR count). The van der Waals surface area contributed by atoms with Crippen molar-refractivity contribution >= 4 is 15.9 Å². The number of hydrogen-bond donors (Lipinski definition) is 1. The fourth-order valence-corrected chi connectivity index (χ4v) is 2.06. The van der Waals surface area contributed by atoms with Gasteiger partial charge in [-0.1, -0.05) is 12.1 Å². The third-order valence-corrected chi connectivity index (χ3v) is 3.15. The van der Waals surface area contributed by atoms with Crippen LogP contribution in [0.4, 0.5) is 4.39 Å². The lowest BCUT2D eigenvalue weighted by Crippen LogP contribution is -2.27. The van der Waals surface area contributed by atoms with E-state index in [1.54, 1.807) is 12.1 Å². The zero-order chi connectivity index (χ0) is 9.42. The zero-order valence-corrected chi connectivity index (χ0v) is 8.59. The average Bonchev–Trinajstić information content (AvgIpc) is 2.05. The Balaban J connectivity index is 2.26. The Morgan fingerprint density at radius 1 is 1.38 bits per heavy atom. The molecule has 0 aliphatic heterocycles. The van der Waals surface area contributed by atoms with Gasteiger partial charge in [-0.3, -0.25) is 0 Å². The minimum atomic E-state index is -0.233. The van der Waals surface area contributed by atoms with Crippen LogP contribution >= 0.6 is 15.9 Å². The molecule has 1 saturated carbocycles. The lowest BCUT2D eigenvalue weighted by molar-refractivity contribution is 0.0734. The second-order valence-electron chi connectivity index (χ2n) is 3.47. The van der Waals surface area contributed by atoms with Gasteiger partial charge in [0.25, 0.3) is 0 Å². The molecule has 13 heavy (non-hydrogen) atoms. The molecule has 0 unspecified atom stereocenters. The molecule has 3 heteroatoms. The van der Waals surface area contributed by atoms with E-state index < -0.39 is 0 Å². The number of aliphatic hydroxyl groups is 1. The second-order valence-corrected chi connectivity index (χ2v) is 4.32. The van der Waals surface area contributed by atoms with Crippen LogP contribution in [0.2, 0.25) is 0 Å². The van der Waals surface area contributed by atoms with Crippen molar-refractivity contribution in [2.45, 2.75) is 24.9 Å². The van der Waals surface area contributed by atoms with Crippen molar-refractivity contribution in [2.75, 3.05) is 0 Å². The topological polar surface area (TPSA) is 20.2 Å². The van der Waals surface area contributed by atoms with Gasteiger partial charge in [-0.05, 0) is 46.3 Å². The molecule has 1 aromatic rings. The average molecular weight is 245 g/mol. The molecule has 0 radical (unpaired) electrons. The first-order chi connectivity index (χ1) is 6.18. The van der Waals surface area contributed by atoms with Crippen LogP contribution in [0.25, 0.3) is 0 Å². The van der Waals surface area contributed by atoms with Crippen molar-refractivity contribution in [1.82, 2.24) is 0 Å². The van der Waals surface area contributed by atoms with Crippen LogP contribution in [0.5, 0.6) is 0 Å². The van der Waals surface area contributed by atoms with E-state index in [4.69, 9.17) is 5.11 Å². The van der Waals surface area contributed by atoms with E-state index in [0.717, 1.165) is 5.56 Å². The maximum atomic E-state index is 13.5. The highest BCUT2D eigenvalue weighted by Gasteiger charge is 2.30. The van der Waals surface area contributed by atoms with Crippen molar-refractivity contribution in [3.05, 3.63) is 34.1 Å². The molecule has 0 bridgehead atoms. The molecular weight excluding hydrogens is 235 g/mol. The first-order valence-corrected chi connectivity index (χ1v) is 5.09. The lowest BCUT2D eigenvalue weighted by atomic mass is 9.77. The van der Waals surface area contributed by atoms with Crippen LogP contribution in [0, 0.1) is 5.82 Å². The summed E-state index contributed by atoms with van der Waals surface area (Å²) in [5, 5.41) is 9.11. The standard InChI is InChI=1S/C10H10BrFO/c11-9-3-1-2-8(10(9)12)6-4-7(13)5-6/h1-3,6-7,13H,4-5H2/t6-,7+. The molecule has 0 aromatic heterocycles. The van der Waals surface area contributed by atoms with Crippen molar-refractivity contribution < 1.29 is 9.50 Å². The number of benzene rings is 1. The number of hydrogen-bond acceptors (Lipinski definition) is 1. The van der Waals surface area contributed by atoms with Crippen LogP contribution in [0.15, 0.2) is 22.7 Å². The van der Waals surface area contributed by atoms with Crippen molar-refractivity contribution in [2.24, 2.45) is 0 Å². The fraction of sp³-hybridized carbons (Fsp3) is 0.400. The molecular formula is C10H10BrFO. The normalized spacial score (nSPS) is 27.0. The predicted molar refractivity (Wildman–Crippen MR) is 52.1 cm³/mol. The second kappa shape index (κ2) is 3.39. The van der Waals surface area contributed by atoms with E-state index in [1.165, 1.54) is 0 Å². The smallest absolute Gasteiger partial charge is 0.140 e. The summed E-state index contributed by atoms with van der Waals surface area (Å²) in [6, 6.07) is 5.30. The van der Waals surface area contributed by atoms with E-state index in [0.29, 0.717) is 17.3 Å². The highest BCUT2D eigenvalue weighted by Crippen LogP contribution is 2.39. The molecule has 1 aromatic carbocycles. The summed E-state index contributed by atoms with van der Waals surface area (Å²) < 4.78 is 14.0. The Morgan fingerprint density at radius 3 is 2.69 bits per heavy atom. The highest BCUT2D eigenvalue weighted by molar-refractivity contribution is 9.10. The summed E-state index contributed by atoms with van der Waals surface area (Å²) in [7, 11) is 0. The summed E-state index contributed by atoms with van der Waals surface area (Å²) in [4.78, 5) is 0. The molecule has 1 nitrogen and oxygen atoms in total. The molecule has 70 valence electrons. The Kier molecular flexibility index (Phi) is 2.39. The fourth-order valence-electron chi connectivity index (χ4n) is 1.68. The van der Waals surface area contributed by atoms with E-state index in [9.17, 15) is 4.39 Å². The maximum absolute atomic E-state index is 13.5. The van der Waals surface area contributed by atoms with Gasteiger partial charge in [0.2, 0.25) is 0 Å². The zero-order valence-electron chi connectivity index (χ0n) is 7.00. The van der Waals surface area contributed by atoms with Crippen LogP contribution in [-0.2, 0) is 0 Å². The number of aliphatic hydroxyl groups excluding tert-OH is 1. The molecule has 0 spiro atoms. The third kappa shape index (κ3) is 1.63. The van der Waals surface area contributed by atoms with Gasteiger partial charge in [0.1, 0.15) is 5.82 Å². The highest BCUT2D eigenvalue weighted by atomic mass is 79.9. The van der Waals surface area contributed by atoms with Gasteiger partial charge in [0.05, 0.1) is 10.6 Å². The van der Waals surface area contributed by atoms with E-state index >= 15 is 0 Å². The Labute approximate surface area is 84.7 Å². The SMILES string of the molecule is O[C@H]1C[C@@H](c2cccc(Br)c2F)C1. The Bertz CT molecular complexity index is 321. The van der Waals surface area contributed by atoms with Crippen LogP contribution in [-0.4, -0.2) is 11.2 Å².